The lowest BCUT2D eigenvalue weighted by Gasteiger charge is -2.11. The average molecular weight is 484 g/mol. The van der Waals surface area contributed by atoms with Gasteiger partial charge in [-0.25, -0.2) is 4.98 Å². The fourth-order valence-electron chi connectivity index (χ4n) is 3.15. The normalized spacial score (nSPS) is 10.8. The number of halogens is 2. The molecule has 0 unspecified atom stereocenters. The van der Waals surface area contributed by atoms with E-state index in [0.717, 1.165) is 15.8 Å². The van der Waals surface area contributed by atoms with Crippen LogP contribution in [0.1, 0.15) is 20.8 Å². The molecule has 0 spiro atoms. The first kappa shape index (κ1) is 19.4. The molecule has 2 aromatic carbocycles. The van der Waals surface area contributed by atoms with E-state index in [1.54, 1.807) is 42.5 Å². The first-order valence-corrected chi connectivity index (χ1v) is 10.4. The summed E-state index contributed by atoms with van der Waals surface area (Å²) in [7, 11) is 0. The van der Waals surface area contributed by atoms with Crippen LogP contribution >= 0.6 is 38.9 Å². The first-order valence-electron chi connectivity index (χ1n) is 8.39. The molecular formula is C21H12BrClN4OS. The monoisotopic (exact) mass is 482 g/mol. The van der Waals surface area contributed by atoms with E-state index in [4.69, 9.17) is 23.1 Å². The Hall–Kier alpha value is -2.92. The van der Waals surface area contributed by atoms with Crippen LogP contribution in [0.2, 0.25) is 5.02 Å². The van der Waals surface area contributed by atoms with Gasteiger partial charge in [-0.05, 0) is 18.2 Å². The van der Waals surface area contributed by atoms with Crippen LogP contribution in [-0.2, 0) is 0 Å². The van der Waals surface area contributed by atoms with Crippen molar-refractivity contribution in [3.8, 4) is 17.2 Å². The number of rotatable bonds is 3. The van der Waals surface area contributed by atoms with E-state index < -0.39 is 0 Å². The van der Waals surface area contributed by atoms with Crippen LogP contribution in [0, 0.1) is 11.3 Å². The fourth-order valence-corrected chi connectivity index (χ4v) is 4.85. The van der Waals surface area contributed by atoms with Gasteiger partial charge in [0.2, 0.25) is 5.78 Å². The molecule has 0 amide bonds. The number of nitrogens with zero attached hydrogens (tertiary/aromatic N) is 2. The molecule has 2 heterocycles. The number of thiophene rings is 1. The van der Waals surface area contributed by atoms with Gasteiger partial charge in [-0.3, -0.25) is 4.79 Å². The number of benzene rings is 2. The number of hydrogen-bond acceptors (Lipinski definition) is 6. The van der Waals surface area contributed by atoms with Crippen LogP contribution < -0.4 is 11.5 Å². The summed E-state index contributed by atoms with van der Waals surface area (Å²) in [5.41, 5.74) is 14.5. The van der Waals surface area contributed by atoms with Gasteiger partial charge in [-0.2, -0.15) is 5.26 Å². The minimum Gasteiger partial charge on any atom is -0.397 e. The molecule has 0 bridgehead atoms. The highest BCUT2D eigenvalue weighted by atomic mass is 79.9. The summed E-state index contributed by atoms with van der Waals surface area (Å²) in [5.74, 6) is -0.161. The number of anilines is 2. The van der Waals surface area contributed by atoms with Crippen LogP contribution in [0.5, 0.6) is 0 Å². The van der Waals surface area contributed by atoms with Gasteiger partial charge in [0.15, 0.2) is 0 Å². The SMILES string of the molecule is N#Cc1c(N)nc2sc(C(=O)c3cccc(Br)c3)c(N)c2c1-c1ccccc1Cl. The molecule has 0 aliphatic carbocycles. The maximum atomic E-state index is 13.1. The molecule has 4 aromatic rings. The van der Waals surface area contributed by atoms with Crippen molar-refractivity contribution >= 4 is 66.4 Å². The zero-order valence-corrected chi connectivity index (χ0v) is 17.9. The number of fused-ring (bicyclic) bond motifs is 1. The third kappa shape index (κ3) is 3.25. The number of nitrogens with two attached hydrogens (primary N) is 2. The standard InChI is InChI=1S/C21H12BrClN4OS/c22-11-5-3-4-10(8-11)18(28)19-17(25)16-15(12-6-1-2-7-14(12)23)13(9-24)20(26)27-21(16)29-19/h1-8H,25H2,(H2,26,27). The number of carbonyl (C=O) groups is 1. The zero-order valence-electron chi connectivity index (χ0n) is 14.7. The lowest BCUT2D eigenvalue weighted by Crippen LogP contribution is -2.03. The van der Waals surface area contributed by atoms with Gasteiger partial charge in [0.25, 0.3) is 0 Å². The molecule has 0 aliphatic heterocycles. The first-order chi connectivity index (χ1) is 13.9. The molecule has 2 aromatic heterocycles. The van der Waals surface area contributed by atoms with Crippen molar-refractivity contribution in [2.24, 2.45) is 0 Å². The Bertz CT molecular complexity index is 1340. The second-order valence-corrected chi connectivity index (χ2v) is 8.53. The number of ketones is 1. The van der Waals surface area contributed by atoms with E-state index in [1.165, 1.54) is 0 Å². The third-order valence-electron chi connectivity index (χ3n) is 4.45. The maximum Gasteiger partial charge on any atom is 0.205 e. The quantitative estimate of drug-likeness (QED) is 0.366. The van der Waals surface area contributed by atoms with Gasteiger partial charge in [0.05, 0.1) is 5.69 Å². The zero-order chi connectivity index (χ0) is 20.7. The van der Waals surface area contributed by atoms with Gasteiger partial charge in [0, 0.05) is 31.6 Å². The van der Waals surface area contributed by atoms with Crippen molar-refractivity contribution in [2.45, 2.75) is 0 Å². The predicted molar refractivity (Wildman–Crippen MR) is 121 cm³/mol. The molecule has 142 valence electrons. The number of nitrogen functional groups attached to an aromatic ring is 2. The highest BCUT2D eigenvalue weighted by Gasteiger charge is 2.25. The largest absolute Gasteiger partial charge is 0.397 e. The lowest BCUT2D eigenvalue weighted by atomic mass is 9.96. The minimum absolute atomic E-state index is 0.0672. The van der Waals surface area contributed by atoms with Gasteiger partial charge >= 0.3 is 0 Å². The Kier molecular flexibility index (Phi) is 5.01. The highest BCUT2D eigenvalue weighted by Crippen LogP contribution is 2.44. The molecule has 0 radical (unpaired) electrons. The van der Waals surface area contributed by atoms with E-state index in [0.29, 0.717) is 36.8 Å². The van der Waals surface area contributed by atoms with E-state index >= 15 is 0 Å². The molecule has 0 saturated carbocycles. The molecule has 5 nitrogen and oxygen atoms in total. The van der Waals surface area contributed by atoms with Crippen LogP contribution in [-0.4, -0.2) is 10.8 Å². The summed E-state index contributed by atoms with van der Waals surface area (Å²) >= 11 is 10.9. The van der Waals surface area contributed by atoms with Crippen LogP contribution in [0.15, 0.2) is 53.0 Å². The maximum absolute atomic E-state index is 13.1. The second-order valence-electron chi connectivity index (χ2n) is 6.20. The average Bonchev–Trinajstić information content (AvgIpc) is 3.03. The van der Waals surface area contributed by atoms with Crippen LogP contribution in [0.4, 0.5) is 11.5 Å². The van der Waals surface area contributed by atoms with Crippen molar-refractivity contribution in [2.75, 3.05) is 11.5 Å². The van der Waals surface area contributed by atoms with E-state index in [9.17, 15) is 10.1 Å². The van der Waals surface area contributed by atoms with Crippen molar-refractivity contribution in [1.82, 2.24) is 4.98 Å². The molecular weight excluding hydrogens is 472 g/mol. The van der Waals surface area contributed by atoms with Crippen molar-refractivity contribution < 1.29 is 4.79 Å². The topological polar surface area (TPSA) is 106 Å². The van der Waals surface area contributed by atoms with Crippen molar-refractivity contribution in [1.29, 1.82) is 5.26 Å². The van der Waals surface area contributed by atoms with Crippen LogP contribution in [0.25, 0.3) is 21.3 Å². The van der Waals surface area contributed by atoms with Gasteiger partial charge in [0.1, 0.15) is 27.2 Å². The van der Waals surface area contributed by atoms with E-state index in [1.807, 2.05) is 6.07 Å². The molecule has 0 atom stereocenters. The van der Waals surface area contributed by atoms with E-state index in [-0.39, 0.29) is 22.9 Å². The molecule has 29 heavy (non-hydrogen) atoms. The van der Waals surface area contributed by atoms with Crippen molar-refractivity contribution in [3.63, 3.8) is 0 Å². The third-order valence-corrected chi connectivity index (χ3v) is 6.37. The number of carbonyl (C=O) groups excluding carboxylic acids is 1. The number of pyridine rings is 1. The summed E-state index contributed by atoms with van der Waals surface area (Å²) in [4.78, 5) is 18.2. The van der Waals surface area contributed by atoms with E-state index in [2.05, 4.69) is 27.0 Å². The molecule has 4 rings (SSSR count). The van der Waals surface area contributed by atoms with Gasteiger partial charge in [-0.1, -0.05) is 57.9 Å². The summed E-state index contributed by atoms with van der Waals surface area (Å²) in [6.07, 6.45) is 0. The van der Waals surface area contributed by atoms with Crippen molar-refractivity contribution in [3.05, 3.63) is 74.0 Å². The van der Waals surface area contributed by atoms with Gasteiger partial charge < -0.3 is 11.5 Å². The molecule has 8 heteroatoms. The summed E-state index contributed by atoms with van der Waals surface area (Å²) in [6, 6.07) is 16.3. The Morgan fingerprint density at radius 2 is 1.93 bits per heavy atom. The Balaban J connectivity index is 2.05. The Morgan fingerprint density at radius 1 is 1.17 bits per heavy atom. The second kappa shape index (κ2) is 7.48. The minimum atomic E-state index is -0.228. The Labute approximate surface area is 183 Å². The summed E-state index contributed by atoms with van der Waals surface area (Å²) in [6.45, 7) is 0. The molecule has 0 fully saturated rings. The molecule has 4 N–H and O–H groups in total. The molecule has 0 aliphatic rings. The lowest BCUT2D eigenvalue weighted by molar-refractivity contribution is 0.104. The fraction of sp³-hybridized carbons (Fsp3) is 0. The molecule has 0 saturated heterocycles. The van der Waals surface area contributed by atoms with Gasteiger partial charge in [-0.15, -0.1) is 11.3 Å². The summed E-state index contributed by atoms with van der Waals surface area (Å²) < 4.78 is 0.786. The summed E-state index contributed by atoms with van der Waals surface area (Å²) in [5, 5.41) is 10.7. The number of aromatic nitrogens is 1. The predicted octanol–water partition coefficient (Wildman–Crippen LogP) is 5.65. The van der Waals surface area contributed by atoms with Crippen LogP contribution in [0.3, 0.4) is 0 Å². The Morgan fingerprint density at radius 3 is 2.62 bits per heavy atom. The number of hydrogen-bond donors (Lipinski definition) is 2. The smallest absolute Gasteiger partial charge is 0.205 e. The highest BCUT2D eigenvalue weighted by molar-refractivity contribution is 9.10. The number of nitriles is 1.